The normalized spacial score (nSPS) is 16.0. The van der Waals surface area contributed by atoms with Crippen LogP contribution in [0.3, 0.4) is 0 Å². The lowest BCUT2D eigenvalue weighted by Gasteiger charge is -2.22. The van der Waals surface area contributed by atoms with E-state index in [-0.39, 0.29) is 5.91 Å². The smallest absolute Gasteiger partial charge is 0.256 e. The van der Waals surface area contributed by atoms with Gasteiger partial charge in [0.1, 0.15) is 10.0 Å². The number of amides is 1. The summed E-state index contributed by atoms with van der Waals surface area (Å²) in [6.07, 6.45) is 5.66. The van der Waals surface area contributed by atoms with E-state index in [4.69, 9.17) is 4.98 Å². The van der Waals surface area contributed by atoms with Crippen molar-refractivity contribution in [1.82, 2.24) is 9.88 Å². The van der Waals surface area contributed by atoms with Crippen LogP contribution in [0.15, 0.2) is 42.5 Å². The predicted molar refractivity (Wildman–Crippen MR) is 134 cm³/mol. The molecule has 1 aliphatic carbocycles. The summed E-state index contributed by atoms with van der Waals surface area (Å²) in [5.41, 5.74) is 7.00. The van der Waals surface area contributed by atoms with Gasteiger partial charge in [-0.3, -0.25) is 4.79 Å². The van der Waals surface area contributed by atoms with Crippen LogP contribution in [0.5, 0.6) is 0 Å². The van der Waals surface area contributed by atoms with Crippen LogP contribution in [0.25, 0.3) is 20.8 Å². The molecule has 162 valence electrons. The number of aromatic nitrogens is 1. The van der Waals surface area contributed by atoms with E-state index in [9.17, 15) is 4.79 Å². The molecule has 2 aliphatic rings. The van der Waals surface area contributed by atoms with Crippen molar-refractivity contribution in [2.24, 2.45) is 0 Å². The van der Waals surface area contributed by atoms with E-state index in [0.29, 0.717) is 0 Å². The highest BCUT2D eigenvalue weighted by molar-refractivity contribution is 7.23. The zero-order valence-electron chi connectivity index (χ0n) is 18.1. The molecule has 0 spiro atoms. The molecule has 0 atom stereocenters. The van der Waals surface area contributed by atoms with Crippen molar-refractivity contribution < 1.29 is 4.79 Å². The van der Waals surface area contributed by atoms with E-state index < -0.39 is 0 Å². The quantitative estimate of drug-likeness (QED) is 0.400. The number of nitrogens with one attached hydrogen (secondary N) is 1. The van der Waals surface area contributed by atoms with Gasteiger partial charge in [-0.15, -0.1) is 22.7 Å². The number of rotatable bonds is 3. The molecule has 6 heteroatoms. The SMILES string of the molecule is CN1CCc2c(sc(NC(=O)c3ccc4c(c3)CCCC4)c2-c2nc3ccccc3s2)C1. The van der Waals surface area contributed by atoms with Gasteiger partial charge in [-0.25, -0.2) is 4.98 Å². The summed E-state index contributed by atoms with van der Waals surface area (Å²) >= 11 is 3.43. The van der Waals surface area contributed by atoms with Crippen molar-refractivity contribution in [3.8, 4) is 10.6 Å². The highest BCUT2D eigenvalue weighted by atomic mass is 32.1. The molecule has 0 saturated heterocycles. The molecule has 1 amide bonds. The number of thiazole rings is 1. The molecule has 32 heavy (non-hydrogen) atoms. The number of benzene rings is 2. The van der Waals surface area contributed by atoms with Crippen molar-refractivity contribution >= 4 is 43.8 Å². The number of para-hydroxylation sites is 1. The minimum atomic E-state index is -0.0207. The lowest BCUT2D eigenvalue weighted by Crippen LogP contribution is -2.25. The van der Waals surface area contributed by atoms with E-state index in [0.717, 1.165) is 59.0 Å². The second-order valence-electron chi connectivity index (χ2n) is 8.83. The van der Waals surface area contributed by atoms with E-state index >= 15 is 0 Å². The number of nitrogens with zero attached hydrogens (tertiary/aromatic N) is 2. The molecule has 0 radical (unpaired) electrons. The van der Waals surface area contributed by atoms with Gasteiger partial charge in [-0.05, 0) is 80.1 Å². The summed E-state index contributed by atoms with van der Waals surface area (Å²) in [5.74, 6) is -0.0207. The summed E-state index contributed by atoms with van der Waals surface area (Å²) in [6, 6.07) is 14.5. The van der Waals surface area contributed by atoms with Gasteiger partial charge in [0.15, 0.2) is 0 Å². The summed E-state index contributed by atoms with van der Waals surface area (Å²) < 4.78 is 1.18. The molecule has 1 N–H and O–H groups in total. The monoisotopic (exact) mass is 459 g/mol. The first-order chi connectivity index (χ1) is 15.7. The molecule has 4 nitrogen and oxygen atoms in total. The van der Waals surface area contributed by atoms with Crippen molar-refractivity contribution in [3.63, 3.8) is 0 Å². The molecule has 6 rings (SSSR count). The molecule has 4 aromatic rings. The third-order valence-electron chi connectivity index (χ3n) is 6.59. The maximum absolute atomic E-state index is 13.3. The van der Waals surface area contributed by atoms with Crippen LogP contribution in [0, 0.1) is 0 Å². The lowest BCUT2D eigenvalue weighted by molar-refractivity contribution is 0.102. The third-order valence-corrected chi connectivity index (χ3v) is 8.78. The highest BCUT2D eigenvalue weighted by Crippen LogP contribution is 2.45. The van der Waals surface area contributed by atoms with Gasteiger partial charge in [-0.1, -0.05) is 18.2 Å². The van der Waals surface area contributed by atoms with Crippen LogP contribution >= 0.6 is 22.7 Å². The van der Waals surface area contributed by atoms with Gasteiger partial charge in [0, 0.05) is 29.1 Å². The molecule has 1 aliphatic heterocycles. The molecule has 0 unspecified atom stereocenters. The fraction of sp³-hybridized carbons (Fsp3) is 0.308. The molecular formula is C26H25N3OS2. The minimum absolute atomic E-state index is 0.0207. The minimum Gasteiger partial charge on any atom is -0.313 e. The highest BCUT2D eigenvalue weighted by Gasteiger charge is 2.27. The number of hydrogen-bond donors (Lipinski definition) is 1. The van der Waals surface area contributed by atoms with Crippen LogP contribution in [-0.2, 0) is 25.8 Å². The first-order valence-corrected chi connectivity index (χ1v) is 12.9. The Morgan fingerprint density at radius 3 is 2.75 bits per heavy atom. The second-order valence-corrected chi connectivity index (χ2v) is 11.0. The molecule has 0 fully saturated rings. The lowest BCUT2D eigenvalue weighted by atomic mass is 9.90. The van der Waals surface area contributed by atoms with Gasteiger partial charge in [0.25, 0.3) is 5.91 Å². The van der Waals surface area contributed by atoms with Crippen LogP contribution in [0.1, 0.15) is 44.8 Å². The van der Waals surface area contributed by atoms with E-state index in [1.165, 1.54) is 39.1 Å². The first kappa shape index (κ1) is 20.1. The van der Waals surface area contributed by atoms with Crippen LogP contribution in [-0.4, -0.2) is 29.4 Å². The number of carbonyl (C=O) groups excluding carboxylic acids is 1. The number of likely N-dealkylation sites (N-methyl/N-ethyl adjacent to an activating group) is 1. The maximum Gasteiger partial charge on any atom is 0.256 e. The standard InChI is InChI=1S/C26H25N3OS2/c1-29-13-12-19-22(15-29)32-26(23(19)25-27-20-8-4-5-9-21(20)31-25)28-24(30)18-11-10-16-6-2-3-7-17(16)14-18/h4-5,8-11,14H,2-3,6-7,12-13,15H2,1H3,(H,28,30). The number of carbonyl (C=O) groups is 1. The maximum atomic E-state index is 13.3. The number of hydrogen-bond acceptors (Lipinski definition) is 5. The van der Waals surface area contributed by atoms with Gasteiger partial charge in [-0.2, -0.15) is 0 Å². The fourth-order valence-electron chi connectivity index (χ4n) is 4.87. The molecule has 0 saturated carbocycles. The molecule has 0 bridgehead atoms. The van der Waals surface area contributed by atoms with Crippen molar-refractivity contribution in [3.05, 3.63) is 69.6 Å². The Morgan fingerprint density at radius 1 is 1.03 bits per heavy atom. The Labute approximate surface area is 195 Å². The van der Waals surface area contributed by atoms with E-state index in [2.05, 4.69) is 47.6 Å². The summed E-state index contributed by atoms with van der Waals surface area (Å²) in [4.78, 5) is 21.9. The zero-order chi connectivity index (χ0) is 21.7. The topological polar surface area (TPSA) is 45.2 Å². The van der Waals surface area contributed by atoms with Gasteiger partial charge in [0.05, 0.1) is 10.2 Å². The second kappa shape index (κ2) is 8.10. The van der Waals surface area contributed by atoms with E-state index in [1.54, 1.807) is 22.7 Å². The van der Waals surface area contributed by atoms with E-state index in [1.807, 2.05) is 12.1 Å². The Hall–Kier alpha value is -2.54. The molecule has 2 aromatic carbocycles. The number of fused-ring (bicyclic) bond motifs is 3. The van der Waals surface area contributed by atoms with Crippen molar-refractivity contribution in [2.75, 3.05) is 18.9 Å². The summed E-state index contributed by atoms with van der Waals surface area (Å²) in [7, 11) is 2.16. The zero-order valence-corrected chi connectivity index (χ0v) is 19.7. The van der Waals surface area contributed by atoms with Crippen LogP contribution in [0.2, 0.25) is 0 Å². The van der Waals surface area contributed by atoms with Crippen molar-refractivity contribution in [2.45, 2.75) is 38.6 Å². The van der Waals surface area contributed by atoms with Gasteiger partial charge < -0.3 is 10.2 Å². The average Bonchev–Trinajstić information content (AvgIpc) is 3.38. The Morgan fingerprint density at radius 2 is 1.88 bits per heavy atom. The Bertz CT molecular complexity index is 1300. The fourth-order valence-corrected chi connectivity index (χ4v) is 7.31. The predicted octanol–water partition coefficient (Wildman–Crippen LogP) is 6.14. The molecule has 3 heterocycles. The van der Waals surface area contributed by atoms with Crippen LogP contribution < -0.4 is 5.32 Å². The van der Waals surface area contributed by atoms with Gasteiger partial charge in [0.2, 0.25) is 0 Å². The third kappa shape index (κ3) is 3.56. The number of aryl methyl sites for hydroxylation is 2. The van der Waals surface area contributed by atoms with Gasteiger partial charge >= 0.3 is 0 Å². The van der Waals surface area contributed by atoms with Crippen molar-refractivity contribution in [1.29, 1.82) is 0 Å². The molecule has 2 aromatic heterocycles. The largest absolute Gasteiger partial charge is 0.313 e. The summed E-state index contributed by atoms with van der Waals surface area (Å²) in [5, 5.41) is 5.22. The molecular weight excluding hydrogens is 434 g/mol. The number of thiophene rings is 1. The Kier molecular flexibility index (Phi) is 5.09. The first-order valence-electron chi connectivity index (χ1n) is 11.3. The average molecular weight is 460 g/mol. The van der Waals surface area contributed by atoms with Crippen LogP contribution in [0.4, 0.5) is 5.00 Å². The summed E-state index contributed by atoms with van der Waals surface area (Å²) in [6.45, 7) is 1.95. The Balaban J connectivity index is 1.40. The number of anilines is 1.